The maximum atomic E-state index is 10.4. The molecule has 0 saturated heterocycles. The van der Waals surface area contributed by atoms with Crippen molar-refractivity contribution in [3.8, 4) is 0 Å². The van der Waals surface area contributed by atoms with Gasteiger partial charge in [0.25, 0.3) is 0 Å². The van der Waals surface area contributed by atoms with Crippen LogP contribution in [0.25, 0.3) is 0 Å². The van der Waals surface area contributed by atoms with Gasteiger partial charge in [-0.25, -0.2) is 0 Å². The monoisotopic (exact) mass is 360 g/mol. The number of carboxylic acids is 2. The number of carbonyl (C=O) groups is 2. The zero-order chi connectivity index (χ0) is 19.7. The SMILES string of the molecule is Nc1ccc(C[C@H](N)C(=O)O)cc1.Nc1cccc(C[C@H](N)C(=O)O)c1. The van der Waals surface area contributed by atoms with Crippen LogP contribution in [0.1, 0.15) is 11.1 Å². The van der Waals surface area contributed by atoms with Crippen molar-refractivity contribution in [3.05, 3.63) is 59.7 Å². The second-order valence-corrected chi connectivity index (χ2v) is 5.78. The third kappa shape index (κ3) is 7.65. The molecule has 0 spiro atoms. The maximum Gasteiger partial charge on any atom is 0.320 e. The van der Waals surface area contributed by atoms with E-state index >= 15 is 0 Å². The van der Waals surface area contributed by atoms with Crippen LogP contribution >= 0.6 is 0 Å². The Morgan fingerprint density at radius 2 is 1.27 bits per heavy atom. The zero-order valence-electron chi connectivity index (χ0n) is 14.2. The molecule has 0 saturated carbocycles. The number of nitrogen functional groups attached to an aromatic ring is 2. The number of nitrogens with two attached hydrogens (primary N) is 4. The van der Waals surface area contributed by atoms with Crippen molar-refractivity contribution in [3.63, 3.8) is 0 Å². The normalized spacial score (nSPS) is 12.4. The van der Waals surface area contributed by atoms with Gasteiger partial charge in [0.05, 0.1) is 0 Å². The third-order valence-electron chi connectivity index (χ3n) is 3.48. The highest BCUT2D eigenvalue weighted by Crippen LogP contribution is 2.08. The lowest BCUT2D eigenvalue weighted by molar-refractivity contribution is -0.139. The van der Waals surface area contributed by atoms with Crippen molar-refractivity contribution in [2.24, 2.45) is 11.5 Å². The van der Waals surface area contributed by atoms with E-state index in [0.29, 0.717) is 24.2 Å². The van der Waals surface area contributed by atoms with Gasteiger partial charge < -0.3 is 33.1 Å². The van der Waals surface area contributed by atoms with E-state index in [2.05, 4.69) is 0 Å². The second kappa shape index (κ2) is 10.0. The van der Waals surface area contributed by atoms with Gasteiger partial charge in [-0.1, -0.05) is 24.3 Å². The van der Waals surface area contributed by atoms with Gasteiger partial charge in [0.1, 0.15) is 12.1 Å². The Morgan fingerprint density at radius 3 is 1.73 bits per heavy atom. The van der Waals surface area contributed by atoms with E-state index in [1.54, 1.807) is 48.5 Å². The largest absolute Gasteiger partial charge is 0.480 e. The highest BCUT2D eigenvalue weighted by Gasteiger charge is 2.12. The molecule has 8 nitrogen and oxygen atoms in total. The lowest BCUT2D eigenvalue weighted by atomic mass is 10.1. The number of carboxylic acid groups (broad SMARTS) is 2. The fourth-order valence-corrected chi connectivity index (χ4v) is 2.06. The Hall–Kier alpha value is -3.10. The molecule has 2 atom stereocenters. The summed E-state index contributed by atoms with van der Waals surface area (Å²) < 4.78 is 0. The predicted octanol–water partition coefficient (Wildman–Crippen LogP) is 0.446. The first kappa shape index (κ1) is 20.9. The summed E-state index contributed by atoms with van der Waals surface area (Å²) in [4.78, 5) is 20.9. The average molecular weight is 360 g/mol. The quantitative estimate of drug-likeness (QED) is 0.402. The van der Waals surface area contributed by atoms with Crippen LogP contribution in [0, 0.1) is 0 Å². The predicted molar refractivity (Wildman–Crippen MR) is 100 cm³/mol. The molecule has 10 N–H and O–H groups in total. The van der Waals surface area contributed by atoms with Crippen LogP contribution in [0.15, 0.2) is 48.5 Å². The van der Waals surface area contributed by atoms with Crippen molar-refractivity contribution in [1.29, 1.82) is 0 Å². The van der Waals surface area contributed by atoms with Gasteiger partial charge in [-0.05, 0) is 48.2 Å². The molecule has 0 heterocycles. The molecule has 0 aromatic heterocycles. The van der Waals surface area contributed by atoms with Gasteiger partial charge in [-0.3, -0.25) is 9.59 Å². The molecule has 0 radical (unpaired) electrons. The molecule has 8 heteroatoms. The van der Waals surface area contributed by atoms with E-state index in [9.17, 15) is 9.59 Å². The van der Waals surface area contributed by atoms with Crippen molar-refractivity contribution < 1.29 is 19.8 Å². The molecule has 2 aromatic rings. The van der Waals surface area contributed by atoms with Crippen LogP contribution in [0.2, 0.25) is 0 Å². The Labute approximate surface area is 151 Å². The highest BCUT2D eigenvalue weighted by molar-refractivity contribution is 5.74. The van der Waals surface area contributed by atoms with Crippen LogP contribution in [0.4, 0.5) is 11.4 Å². The Morgan fingerprint density at radius 1 is 0.769 bits per heavy atom. The molecule has 140 valence electrons. The summed E-state index contributed by atoms with van der Waals surface area (Å²) in [7, 11) is 0. The summed E-state index contributed by atoms with van der Waals surface area (Å²) in [5.41, 5.74) is 24.7. The fraction of sp³-hybridized carbons (Fsp3) is 0.222. The Kier molecular flexibility index (Phi) is 8.07. The third-order valence-corrected chi connectivity index (χ3v) is 3.48. The van der Waals surface area contributed by atoms with Gasteiger partial charge in [0, 0.05) is 11.4 Å². The number of rotatable bonds is 6. The van der Waals surface area contributed by atoms with Gasteiger partial charge in [0.15, 0.2) is 0 Å². The summed E-state index contributed by atoms with van der Waals surface area (Å²) in [5.74, 6) is -1.99. The van der Waals surface area contributed by atoms with E-state index in [1.807, 2.05) is 0 Å². The Bertz CT molecular complexity index is 734. The van der Waals surface area contributed by atoms with Crippen molar-refractivity contribution in [2.75, 3.05) is 11.5 Å². The number of hydrogen-bond donors (Lipinski definition) is 6. The van der Waals surface area contributed by atoms with Crippen molar-refractivity contribution in [1.82, 2.24) is 0 Å². The van der Waals surface area contributed by atoms with E-state index in [1.165, 1.54) is 0 Å². The molecule has 0 unspecified atom stereocenters. The highest BCUT2D eigenvalue weighted by atomic mass is 16.4. The van der Waals surface area contributed by atoms with Gasteiger partial charge >= 0.3 is 11.9 Å². The minimum atomic E-state index is -0.998. The summed E-state index contributed by atoms with van der Waals surface area (Å²) in [6.07, 6.45) is 0.635. The van der Waals surface area contributed by atoms with E-state index < -0.39 is 24.0 Å². The van der Waals surface area contributed by atoms with Crippen LogP contribution in [-0.2, 0) is 22.4 Å². The molecular weight excluding hydrogens is 336 g/mol. The number of aliphatic carboxylic acids is 2. The smallest absolute Gasteiger partial charge is 0.320 e. The molecule has 0 bridgehead atoms. The lowest BCUT2D eigenvalue weighted by Gasteiger charge is -2.06. The summed E-state index contributed by atoms with van der Waals surface area (Å²) >= 11 is 0. The first-order valence-electron chi connectivity index (χ1n) is 7.84. The molecule has 0 fully saturated rings. The van der Waals surface area contributed by atoms with Crippen LogP contribution in [0.5, 0.6) is 0 Å². The molecule has 2 aromatic carbocycles. The molecule has 0 aliphatic carbocycles. The van der Waals surface area contributed by atoms with Crippen molar-refractivity contribution in [2.45, 2.75) is 24.9 Å². The van der Waals surface area contributed by atoms with E-state index in [0.717, 1.165) is 11.1 Å². The maximum absolute atomic E-state index is 10.4. The topological polar surface area (TPSA) is 179 Å². The van der Waals surface area contributed by atoms with E-state index in [4.69, 9.17) is 33.1 Å². The molecule has 0 amide bonds. The average Bonchev–Trinajstić information content (AvgIpc) is 2.57. The first-order valence-corrected chi connectivity index (χ1v) is 7.84. The standard InChI is InChI=1S/2C9H12N2O2/c10-7-3-1-6(2-4-7)5-8(11)9(12)13;10-7-3-1-2-6(4-7)5-8(11)9(12)13/h2*1-4,8H,5,10-11H2,(H,12,13)/t2*8-/m00/s1. The van der Waals surface area contributed by atoms with Gasteiger partial charge in [0.2, 0.25) is 0 Å². The summed E-state index contributed by atoms with van der Waals surface area (Å²) in [5, 5.41) is 17.1. The zero-order valence-corrected chi connectivity index (χ0v) is 14.2. The van der Waals surface area contributed by atoms with E-state index in [-0.39, 0.29) is 0 Å². The minimum Gasteiger partial charge on any atom is -0.480 e. The molecule has 0 aliphatic rings. The van der Waals surface area contributed by atoms with Gasteiger partial charge in [-0.2, -0.15) is 0 Å². The molecular formula is C18H24N4O4. The summed E-state index contributed by atoms with van der Waals surface area (Å²) in [6, 6.07) is 12.4. The summed E-state index contributed by atoms with van der Waals surface area (Å²) in [6.45, 7) is 0. The molecule has 2 rings (SSSR count). The second-order valence-electron chi connectivity index (χ2n) is 5.78. The lowest BCUT2D eigenvalue weighted by Crippen LogP contribution is -2.32. The molecule has 0 aliphatic heterocycles. The number of hydrogen-bond acceptors (Lipinski definition) is 6. The number of anilines is 2. The van der Waals surface area contributed by atoms with Gasteiger partial charge in [-0.15, -0.1) is 0 Å². The van der Waals surface area contributed by atoms with Crippen LogP contribution < -0.4 is 22.9 Å². The molecule has 26 heavy (non-hydrogen) atoms. The Balaban J connectivity index is 0.000000260. The minimum absolute atomic E-state index is 0.306. The number of benzene rings is 2. The van der Waals surface area contributed by atoms with Crippen LogP contribution in [0.3, 0.4) is 0 Å². The van der Waals surface area contributed by atoms with Crippen LogP contribution in [-0.4, -0.2) is 34.2 Å². The fourth-order valence-electron chi connectivity index (χ4n) is 2.06. The van der Waals surface area contributed by atoms with Crippen molar-refractivity contribution >= 4 is 23.3 Å². The first-order chi connectivity index (χ1) is 12.2.